The smallest absolute Gasteiger partial charge is 0.278 e. The topological polar surface area (TPSA) is 67.5 Å². The van der Waals surface area contributed by atoms with Gasteiger partial charge in [-0.25, -0.2) is 0 Å². The first-order valence-electron chi connectivity index (χ1n) is 7.31. The molecule has 0 aromatic carbocycles. The van der Waals surface area contributed by atoms with Gasteiger partial charge in [-0.15, -0.1) is 0 Å². The van der Waals surface area contributed by atoms with Crippen LogP contribution in [-0.4, -0.2) is 19.7 Å². The number of hydrogen-bond donors (Lipinski definition) is 1. The second-order valence-electron chi connectivity index (χ2n) is 5.54. The summed E-state index contributed by atoms with van der Waals surface area (Å²) in [5.41, 5.74) is -0.315. The maximum Gasteiger partial charge on any atom is 0.278 e. The largest absolute Gasteiger partial charge is 0.493 e. The third-order valence-corrected chi connectivity index (χ3v) is 4.98. The van der Waals surface area contributed by atoms with E-state index < -0.39 is 0 Å². The first kappa shape index (κ1) is 13.5. The van der Waals surface area contributed by atoms with E-state index in [9.17, 15) is 9.90 Å². The Labute approximate surface area is 121 Å². The van der Waals surface area contributed by atoms with Gasteiger partial charge in [0.25, 0.3) is 5.56 Å². The highest BCUT2D eigenvalue weighted by Crippen LogP contribution is 2.27. The van der Waals surface area contributed by atoms with E-state index >= 15 is 0 Å². The summed E-state index contributed by atoms with van der Waals surface area (Å²) in [6, 6.07) is 1.10. The third kappa shape index (κ3) is 3.00. The zero-order valence-corrected chi connectivity index (χ0v) is 12.2. The minimum atomic E-state index is -0.315. The molecule has 2 aromatic rings. The van der Waals surface area contributed by atoms with Gasteiger partial charge in [-0.1, -0.05) is 49.9 Å². The van der Waals surface area contributed by atoms with Crippen molar-refractivity contribution in [1.82, 2.24) is 14.6 Å². The predicted octanol–water partition coefficient (Wildman–Crippen LogP) is 2.76. The van der Waals surface area contributed by atoms with Gasteiger partial charge in [0.05, 0.1) is 6.07 Å². The van der Waals surface area contributed by atoms with E-state index in [1.807, 2.05) is 0 Å². The van der Waals surface area contributed by atoms with Crippen LogP contribution in [0.4, 0.5) is 0 Å². The van der Waals surface area contributed by atoms with Crippen molar-refractivity contribution in [2.75, 3.05) is 0 Å². The number of rotatable bonds is 3. The van der Waals surface area contributed by atoms with Crippen molar-refractivity contribution in [3.63, 3.8) is 0 Å². The van der Waals surface area contributed by atoms with Gasteiger partial charge in [0.2, 0.25) is 10.8 Å². The van der Waals surface area contributed by atoms with E-state index in [0.29, 0.717) is 4.96 Å². The molecule has 5 nitrogen and oxygen atoms in total. The van der Waals surface area contributed by atoms with Crippen molar-refractivity contribution in [3.05, 3.63) is 21.4 Å². The van der Waals surface area contributed by atoms with Crippen LogP contribution >= 0.6 is 11.3 Å². The highest BCUT2D eigenvalue weighted by molar-refractivity contribution is 7.16. The summed E-state index contributed by atoms with van der Waals surface area (Å²) in [5.74, 6) is 0.566. The molecule has 108 valence electrons. The van der Waals surface area contributed by atoms with Crippen LogP contribution in [-0.2, 0) is 6.42 Å². The van der Waals surface area contributed by atoms with E-state index in [2.05, 4.69) is 10.1 Å². The van der Waals surface area contributed by atoms with Crippen molar-refractivity contribution in [1.29, 1.82) is 0 Å². The first-order valence-corrected chi connectivity index (χ1v) is 8.13. The lowest BCUT2D eigenvalue weighted by Gasteiger charge is -2.11. The fourth-order valence-electron chi connectivity index (χ4n) is 2.92. The number of aryl methyl sites for hydroxylation is 1. The molecule has 0 radical (unpaired) electrons. The minimum Gasteiger partial charge on any atom is -0.493 e. The Morgan fingerprint density at radius 3 is 2.80 bits per heavy atom. The summed E-state index contributed by atoms with van der Waals surface area (Å²) in [6.07, 6.45) is 10.1. The van der Waals surface area contributed by atoms with E-state index in [4.69, 9.17) is 0 Å². The molecule has 0 bridgehead atoms. The molecule has 0 spiro atoms. The highest BCUT2D eigenvalue weighted by atomic mass is 32.1. The Hall–Kier alpha value is -1.43. The van der Waals surface area contributed by atoms with Crippen molar-refractivity contribution < 1.29 is 5.11 Å². The van der Waals surface area contributed by atoms with Crippen LogP contribution in [0.25, 0.3) is 4.96 Å². The Bertz CT molecular complexity index is 641. The summed E-state index contributed by atoms with van der Waals surface area (Å²) in [4.78, 5) is 16.1. The van der Waals surface area contributed by atoms with Crippen LogP contribution in [0.15, 0.2) is 10.9 Å². The maximum absolute atomic E-state index is 11.7. The number of aromatic hydroxyl groups is 1. The molecule has 1 aliphatic carbocycles. The van der Waals surface area contributed by atoms with Gasteiger partial charge in [-0.3, -0.25) is 4.79 Å². The molecule has 20 heavy (non-hydrogen) atoms. The van der Waals surface area contributed by atoms with Gasteiger partial charge >= 0.3 is 0 Å². The van der Waals surface area contributed by atoms with Crippen LogP contribution < -0.4 is 5.56 Å². The minimum absolute atomic E-state index is 0.228. The molecular formula is C14H19N3O2S. The molecule has 0 saturated heterocycles. The Morgan fingerprint density at radius 1 is 1.30 bits per heavy atom. The molecule has 6 heteroatoms. The molecule has 0 atom stereocenters. The van der Waals surface area contributed by atoms with Crippen LogP contribution in [0.3, 0.4) is 0 Å². The molecule has 0 aliphatic heterocycles. The quantitative estimate of drug-likeness (QED) is 0.884. The van der Waals surface area contributed by atoms with Crippen LogP contribution in [0.2, 0.25) is 0 Å². The fourth-order valence-corrected chi connectivity index (χ4v) is 3.83. The molecule has 2 aromatic heterocycles. The lowest BCUT2D eigenvalue weighted by Crippen LogP contribution is -2.13. The van der Waals surface area contributed by atoms with Crippen LogP contribution in [0.5, 0.6) is 5.88 Å². The zero-order valence-electron chi connectivity index (χ0n) is 11.4. The Balaban J connectivity index is 1.71. The second kappa shape index (κ2) is 5.91. The molecule has 1 N–H and O–H groups in total. The monoisotopic (exact) mass is 293 g/mol. The van der Waals surface area contributed by atoms with Gasteiger partial charge in [0.15, 0.2) is 0 Å². The lowest BCUT2D eigenvalue weighted by atomic mass is 9.95. The SMILES string of the molecule is O=c1cc(O)nc2sc(CCC3CCCCCC3)nn12. The average Bonchev–Trinajstić information content (AvgIpc) is 2.65. The molecular weight excluding hydrogens is 274 g/mol. The summed E-state index contributed by atoms with van der Waals surface area (Å²) in [7, 11) is 0. The van der Waals surface area contributed by atoms with Gasteiger partial charge in [-0.05, 0) is 12.3 Å². The van der Waals surface area contributed by atoms with Crippen LogP contribution in [0, 0.1) is 5.92 Å². The third-order valence-electron chi connectivity index (χ3n) is 4.01. The summed E-state index contributed by atoms with van der Waals surface area (Å²) < 4.78 is 1.28. The van der Waals surface area contributed by atoms with Crippen molar-refractivity contribution in [2.45, 2.75) is 51.4 Å². The van der Waals surface area contributed by atoms with Gasteiger partial charge < -0.3 is 5.11 Å². The van der Waals surface area contributed by atoms with Crippen molar-refractivity contribution in [2.24, 2.45) is 5.92 Å². The Kier molecular flexibility index (Phi) is 4.00. The molecule has 0 amide bonds. The standard InChI is InChI=1S/C14H19N3O2S/c18-11-9-13(19)17-14(15-11)20-12(16-17)8-7-10-5-3-1-2-4-6-10/h9-10,18H,1-8H2. The normalized spacial score (nSPS) is 17.4. The molecule has 1 saturated carbocycles. The second-order valence-corrected chi connectivity index (χ2v) is 6.58. The predicted molar refractivity (Wildman–Crippen MR) is 78.3 cm³/mol. The van der Waals surface area contributed by atoms with Crippen molar-refractivity contribution in [3.8, 4) is 5.88 Å². The van der Waals surface area contributed by atoms with Crippen molar-refractivity contribution >= 4 is 16.3 Å². The maximum atomic E-state index is 11.7. The summed E-state index contributed by atoms with van der Waals surface area (Å²) in [5, 5.41) is 14.6. The Morgan fingerprint density at radius 2 is 2.05 bits per heavy atom. The van der Waals surface area contributed by atoms with Gasteiger partial charge in [0.1, 0.15) is 5.01 Å². The van der Waals surface area contributed by atoms with Gasteiger partial charge in [0, 0.05) is 6.42 Å². The number of aromatic nitrogens is 3. The number of nitrogens with zero attached hydrogens (tertiary/aromatic N) is 3. The fraction of sp³-hybridized carbons (Fsp3) is 0.643. The average molecular weight is 293 g/mol. The first-order chi connectivity index (χ1) is 9.72. The number of fused-ring (bicyclic) bond motifs is 1. The highest BCUT2D eigenvalue weighted by Gasteiger charge is 2.14. The molecule has 1 aliphatic rings. The van der Waals surface area contributed by atoms with Crippen LogP contribution in [0.1, 0.15) is 50.0 Å². The van der Waals surface area contributed by atoms with E-state index in [1.54, 1.807) is 0 Å². The molecule has 0 unspecified atom stereocenters. The number of hydrogen-bond acceptors (Lipinski definition) is 5. The van der Waals surface area contributed by atoms with Gasteiger partial charge in [-0.2, -0.15) is 14.6 Å². The van der Waals surface area contributed by atoms with E-state index in [1.165, 1.54) is 54.4 Å². The summed E-state index contributed by atoms with van der Waals surface area (Å²) >= 11 is 1.40. The molecule has 2 heterocycles. The lowest BCUT2D eigenvalue weighted by molar-refractivity contribution is 0.427. The van der Waals surface area contributed by atoms with E-state index in [-0.39, 0.29) is 11.4 Å². The summed E-state index contributed by atoms with van der Waals surface area (Å²) in [6.45, 7) is 0. The molecule has 1 fully saturated rings. The van der Waals surface area contributed by atoms with E-state index in [0.717, 1.165) is 29.8 Å². The molecule has 3 rings (SSSR count). The zero-order chi connectivity index (χ0) is 13.9.